The van der Waals surface area contributed by atoms with E-state index in [2.05, 4.69) is 5.32 Å². The van der Waals surface area contributed by atoms with E-state index in [1.165, 1.54) is 0 Å². The van der Waals surface area contributed by atoms with Crippen molar-refractivity contribution in [3.8, 4) is 5.75 Å². The summed E-state index contributed by atoms with van der Waals surface area (Å²) in [5.74, 6) is -0.212. The second kappa shape index (κ2) is 8.36. The van der Waals surface area contributed by atoms with Crippen LogP contribution in [0.4, 0.5) is 5.69 Å². The average molecular weight is 348 g/mol. The highest BCUT2D eigenvalue weighted by molar-refractivity contribution is 6.33. The first-order chi connectivity index (χ1) is 11.5. The number of hydrogen-bond acceptors (Lipinski definition) is 4. The molecule has 126 valence electrons. The molecule has 6 heteroatoms. The van der Waals surface area contributed by atoms with Gasteiger partial charge in [0.1, 0.15) is 5.75 Å². The number of carbonyl (C=O) groups is 2. The normalized spacial score (nSPS) is 10.1. The van der Waals surface area contributed by atoms with E-state index in [1.807, 2.05) is 13.0 Å². The fourth-order valence-electron chi connectivity index (χ4n) is 2.01. The van der Waals surface area contributed by atoms with Gasteiger partial charge in [0.05, 0.1) is 24.2 Å². The van der Waals surface area contributed by atoms with Crippen LogP contribution in [0.3, 0.4) is 0 Å². The summed E-state index contributed by atoms with van der Waals surface area (Å²) >= 11 is 6.04. The number of anilines is 1. The number of methoxy groups -OCH3 is 1. The maximum Gasteiger partial charge on any atom is 0.310 e. The third-order valence-electron chi connectivity index (χ3n) is 3.27. The number of halogens is 1. The summed E-state index contributed by atoms with van der Waals surface area (Å²) < 4.78 is 10.0. The molecule has 2 aromatic carbocycles. The van der Waals surface area contributed by atoms with Gasteiger partial charge in [-0.3, -0.25) is 9.59 Å². The van der Waals surface area contributed by atoms with Gasteiger partial charge in [0.2, 0.25) is 0 Å². The molecule has 0 aromatic heterocycles. The average Bonchev–Trinajstić information content (AvgIpc) is 2.56. The molecule has 2 rings (SSSR count). The Morgan fingerprint density at radius 2 is 1.83 bits per heavy atom. The van der Waals surface area contributed by atoms with E-state index in [-0.39, 0.29) is 13.0 Å². The first-order valence-corrected chi connectivity index (χ1v) is 7.70. The highest BCUT2D eigenvalue weighted by Gasteiger charge is 2.10. The van der Waals surface area contributed by atoms with E-state index < -0.39 is 11.9 Å². The number of nitrogens with one attached hydrogen (secondary N) is 1. The first-order valence-electron chi connectivity index (χ1n) is 7.32. The van der Waals surface area contributed by atoms with E-state index >= 15 is 0 Å². The first kappa shape index (κ1) is 17.8. The number of rotatable bonds is 6. The Bertz CT molecular complexity index is 728. The molecule has 24 heavy (non-hydrogen) atoms. The van der Waals surface area contributed by atoms with Crippen LogP contribution in [0.5, 0.6) is 5.75 Å². The van der Waals surface area contributed by atoms with E-state index in [1.54, 1.807) is 43.5 Å². The molecule has 0 radical (unpaired) electrons. The molecule has 0 unspecified atom stereocenters. The van der Waals surface area contributed by atoms with Crippen molar-refractivity contribution in [3.63, 3.8) is 0 Å². The zero-order valence-corrected chi connectivity index (χ0v) is 14.2. The third kappa shape index (κ3) is 5.28. The molecule has 1 amide bonds. The Kier molecular flexibility index (Phi) is 6.21. The van der Waals surface area contributed by atoms with Gasteiger partial charge in [-0.25, -0.2) is 0 Å². The Balaban J connectivity index is 1.81. The van der Waals surface area contributed by atoms with Gasteiger partial charge >= 0.3 is 5.97 Å². The van der Waals surface area contributed by atoms with Gasteiger partial charge in [-0.1, -0.05) is 29.8 Å². The highest BCUT2D eigenvalue weighted by atomic mass is 35.5. The summed E-state index contributed by atoms with van der Waals surface area (Å²) in [7, 11) is 1.57. The molecule has 0 aliphatic carbocycles. The van der Waals surface area contributed by atoms with Crippen molar-refractivity contribution in [2.24, 2.45) is 0 Å². The molecule has 5 nitrogen and oxygen atoms in total. The van der Waals surface area contributed by atoms with Crippen molar-refractivity contribution in [2.45, 2.75) is 13.3 Å². The molecule has 0 saturated carbocycles. The van der Waals surface area contributed by atoms with Gasteiger partial charge in [-0.05, 0) is 42.3 Å². The van der Waals surface area contributed by atoms with E-state index in [9.17, 15) is 9.59 Å². The lowest BCUT2D eigenvalue weighted by Crippen LogP contribution is -2.21. The summed E-state index contributed by atoms with van der Waals surface area (Å²) in [5, 5.41) is 3.04. The summed E-state index contributed by atoms with van der Waals surface area (Å²) in [4.78, 5) is 23.6. The van der Waals surface area contributed by atoms with E-state index in [0.29, 0.717) is 16.5 Å². The second-order valence-electron chi connectivity index (χ2n) is 5.22. The van der Waals surface area contributed by atoms with Crippen molar-refractivity contribution < 1.29 is 19.1 Å². The van der Waals surface area contributed by atoms with Crippen LogP contribution >= 0.6 is 11.6 Å². The molecule has 0 atom stereocenters. The van der Waals surface area contributed by atoms with Crippen LogP contribution in [-0.4, -0.2) is 25.6 Å². The molecule has 0 bridgehead atoms. The SMILES string of the molecule is COc1ccc(CC(=O)OCC(=O)Nc2ccc(C)cc2Cl)cc1. The van der Waals surface area contributed by atoms with Crippen LogP contribution in [0.1, 0.15) is 11.1 Å². The fraction of sp³-hybridized carbons (Fsp3) is 0.222. The van der Waals surface area contributed by atoms with E-state index in [4.69, 9.17) is 21.1 Å². The van der Waals surface area contributed by atoms with Gasteiger partial charge in [0.25, 0.3) is 5.91 Å². The van der Waals surface area contributed by atoms with Crippen molar-refractivity contribution in [3.05, 3.63) is 58.6 Å². The van der Waals surface area contributed by atoms with Gasteiger partial charge in [-0.15, -0.1) is 0 Å². The van der Waals surface area contributed by atoms with Crippen LogP contribution in [0.2, 0.25) is 5.02 Å². The smallest absolute Gasteiger partial charge is 0.310 e. The highest BCUT2D eigenvalue weighted by Crippen LogP contribution is 2.22. The van der Waals surface area contributed by atoms with Gasteiger partial charge in [-0.2, -0.15) is 0 Å². The molecule has 0 heterocycles. The van der Waals surface area contributed by atoms with Crippen LogP contribution in [-0.2, 0) is 20.7 Å². The number of carbonyl (C=O) groups excluding carboxylic acids is 2. The van der Waals surface area contributed by atoms with Crippen LogP contribution < -0.4 is 10.1 Å². The van der Waals surface area contributed by atoms with Crippen molar-refractivity contribution in [1.82, 2.24) is 0 Å². The largest absolute Gasteiger partial charge is 0.497 e. The number of esters is 1. The summed E-state index contributed by atoms with van der Waals surface area (Å²) in [5.41, 5.74) is 2.25. The van der Waals surface area contributed by atoms with Gasteiger partial charge in [0, 0.05) is 0 Å². The third-order valence-corrected chi connectivity index (χ3v) is 3.58. The Hall–Kier alpha value is -2.53. The van der Waals surface area contributed by atoms with Crippen LogP contribution in [0.15, 0.2) is 42.5 Å². The van der Waals surface area contributed by atoms with Crippen molar-refractivity contribution in [2.75, 3.05) is 19.0 Å². The van der Waals surface area contributed by atoms with Gasteiger partial charge < -0.3 is 14.8 Å². The summed E-state index contributed by atoms with van der Waals surface area (Å²) in [6.07, 6.45) is 0.0859. The minimum absolute atomic E-state index is 0.0859. The molecule has 0 saturated heterocycles. The molecule has 0 aliphatic heterocycles. The number of benzene rings is 2. The zero-order chi connectivity index (χ0) is 17.5. The number of aryl methyl sites for hydroxylation is 1. The fourth-order valence-corrected chi connectivity index (χ4v) is 2.30. The maximum absolute atomic E-state index is 11.8. The molecule has 1 N–H and O–H groups in total. The maximum atomic E-state index is 11.8. The summed E-state index contributed by atoms with van der Waals surface area (Å²) in [6.45, 7) is 1.54. The standard InChI is InChI=1S/C18H18ClNO4/c1-12-3-8-16(15(19)9-12)20-17(21)11-24-18(22)10-13-4-6-14(23-2)7-5-13/h3-9H,10-11H2,1-2H3,(H,20,21). The number of amides is 1. The predicted octanol–water partition coefficient (Wildman–Crippen LogP) is 3.38. The number of hydrogen-bond donors (Lipinski definition) is 1. The van der Waals surface area contributed by atoms with Crippen molar-refractivity contribution in [1.29, 1.82) is 0 Å². The molecular formula is C18H18ClNO4. The molecule has 0 fully saturated rings. The lowest BCUT2D eigenvalue weighted by atomic mass is 10.1. The second-order valence-corrected chi connectivity index (χ2v) is 5.62. The lowest BCUT2D eigenvalue weighted by molar-refractivity contribution is -0.146. The minimum atomic E-state index is -0.481. The Labute approximate surface area is 145 Å². The molecule has 0 aliphatic rings. The molecule has 0 spiro atoms. The summed E-state index contributed by atoms with van der Waals surface area (Å²) in [6, 6.07) is 12.3. The minimum Gasteiger partial charge on any atom is -0.497 e. The number of ether oxygens (including phenoxy) is 2. The quantitative estimate of drug-likeness (QED) is 0.813. The lowest BCUT2D eigenvalue weighted by Gasteiger charge is -2.09. The van der Waals surface area contributed by atoms with Gasteiger partial charge in [0.15, 0.2) is 6.61 Å². The Morgan fingerprint density at radius 3 is 2.46 bits per heavy atom. The van der Waals surface area contributed by atoms with Crippen molar-refractivity contribution >= 4 is 29.2 Å². The molecular weight excluding hydrogens is 330 g/mol. The molecule has 2 aromatic rings. The topological polar surface area (TPSA) is 64.6 Å². The monoisotopic (exact) mass is 347 g/mol. The predicted molar refractivity (Wildman–Crippen MR) is 92.5 cm³/mol. The van der Waals surface area contributed by atoms with Crippen LogP contribution in [0, 0.1) is 6.92 Å². The van der Waals surface area contributed by atoms with E-state index in [0.717, 1.165) is 11.1 Å². The zero-order valence-electron chi connectivity index (χ0n) is 13.5. The Morgan fingerprint density at radius 1 is 1.12 bits per heavy atom. The van der Waals surface area contributed by atoms with Crippen LogP contribution in [0.25, 0.3) is 0 Å².